The Hall–Kier alpha value is -3.95. The van der Waals surface area contributed by atoms with Gasteiger partial charge in [-0.2, -0.15) is 0 Å². The highest BCUT2D eigenvalue weighted by atomic mass is 79.9. The Kier molecular flexibility index (Phi) is 10.2. The highest BCUT2D eigenvalue weighted by Gasteiger charge is 2.34. The number of nitrogens with one attached hydrogen (secondary N) is 1. The normalized spacial score (nSPS) is 11.9. The quantitative estimate of drug-likeness (QED) is 0.228. The number of benzene rings is 4. The lowest BCUT2D eigenvalue weighted by molar-refractivity contribution is -0.139. The summed E-state index contributed by atoms with van der Waals surface area (Å²) in [5.74, 6) is -0.846. The summed E-state index contributed by atoms with van der Waals surface area (Å²) in [6.07, 6.45) is 0.259. The van der Waals surface area contributed by atoms with E-state index in [4.69, 9.17) is 0 Å². The fraction of sp³-hybridized carbons (Fsp3) is 0.212. The number of rotatable bonds is 11. The summed E-state index contributed by atoms with van der Waals surface area (Å²) >= 11 is 3.49. The molecule has 7 nitrogen and oxygen atoms in total. The smallest absolute Gasteiger partial charge is 0.264 e. The van der Waals surface area contributed by atoms with E-state index in [1.54, 1.807) is 48.5 Å². The molecule has 0 spiro atoms. The van der Waals surface area contributed by atoms with Crippen molar-refractivity contribution in [2.45, 2.75) is 37.8 Å². The summed E-state index contributed by atoms with van der Waals surface area (Å²) in [7, 11) is -2.59. The van der Waals surface area contributed by atoms with Crippen molar-refractivity contribution in [2.75, 3.05) is 17.9 Å². The zero-order chi connectivity index (χ0) is 30.3. The van der Waals surface area contributed by atoms with Crippen molar-refractivity contribution in [1.29, 1.82) is 0 Å². The van der Waals surface area contributed by atoms with Gasteiger partial charge in [0.15, 0.2) is 0 Å². The molecule has 0 bridgehead atoms. The number of aryl methyl sites for hydroxylation is 2. The molecule has 0 aliphatic heterocycles. The Balaban J connectivity index is 1.78. The van der Waals surface area contributed by atoms with Crippen LogP contribution in [0.1, 0.15) is 22.3 Å². The molecule has 4 aromatic carbocycles. The summed E-state index contributed by atoms with van der Waals surface area (Å²) in [5, 5.41) is 2.70. The van der Waals surface area contributed by atoms with Crippen LogP contribution in [0, 0.1) is 13.8 Å². The first kappa shape index (κ1) is 31.0. The molecule has 0 radical (unpaired) electrons. The van der Waals surface area contributed by atoms with Gasteiger partial charge < -0.3 is 10.2 Å². The van der Waals surface area contributed by atoms with E-state index in [0.717, 1.165) is 31.0 Å². The van der Waals surface area contributed by atoms with Crippen LogP contribution in [0.25, 0.3) is 0 Å². The largest absolute Gasteiger partial charge is 0.357 e. The van der Waals surface area contributed by atoms with E-state index < -0.39 is 28.5 Å². The van der Waals surface area contributed by atoms with Crippen LogP contribution < -0.4 is 9.62 Å². The number of sulfonamides is 1. The van der Waals surface area contributed by atoms with E-state index in [-0.39, 0.29) is 23.8 Å². The standard InChI is InChI=1S/C33H34BrN3O4S/c1-24-12-16-29(17-13-24)37(42(40,41)30-18-14-25(2)15-19-30)23-32(38)36(22-27-10-7-11-28(34)20-27)31(33(39)35-3)21-26-8-5-4-6-9-26/h4-20,31H,21-23H2,1-3H3,(H,35,39)/t31-/m1/s1. The minimum absolute atomic E-state index is 0.0761. The molecule has 4 rings (SSSR count). The van der Waals surface area contributed by atoms with Gasteiger partial charge in [0.25, 0.3) is 10.0 Å². The van der Waals surface area contributed by atoms with Crippen LogP contribution in [0.4, 0.5) is 5.69 Å². The van der Waals surface area contributed by atoms with E-state index in [9.17, 15) is 18.0 Å². The SMILES string of the molecule is CNC(=O)[C@@H](Cc1ccccc1)N(Cc1cccc(Br)c1)C(=O)CN(c1ccc(C)cc1)S(=O)(=O)c1ccc(C)cc1. The third-order valence-corrected chi connectivity index (χ3v) is 9.25. The molecule has 0 heterocycles. The molecular weight excluding hydrogens is 614 g/mol. The molecule has 0 saturated carbocycles. The molecule has 2 amide bonds. The van der Waals surface area contributed by atoms with Crippen LogP contribution in [0.3, 0.4) is 0 Å². The first-order chi connectivity index (χ1) is 20.1. The van der Waals surface area contributed by atoms with Gasteiger partial charge in [-0.15, -0.1) is 0 Å². The number of likely N-dealkylation sites (N-methyl/N-ethyl adjacent to an activating group) is 1. The monoisotopic (exact) mass is 647 g/mol. The maximum Gasteiger partial charge on any atom is 0.264 e. The Morgan fingerprint density at radius 2 is 1.40 bits per heavy atom. The third-order valence-electron chi connectivity index (χ3n) is 6.97. The van der Waals surface area contributed by atoms with Crippen molar-refractivity contribution in [3.8, 4) is 0 Å². The number of hydrogen-bond donors (Lipinski definition) is 1. The third kappa shape index (κ3) is 7.66. The summed E-state index contributed by atoms with van der Waals surface area (Å²) < 4.78 is 30.0. The van der Waals surface area contributed by atoms with Gasteiger partial charge in [-0.25, -0.2) is 8.42 Å². The number of amides is 2. The second kappa shape index (κ2) is 13.8. The lowest BCUT2D eigenvalue weighted by atomic mass is 10.0. The van der Waals surface area contributed by atoms with Crippen LogP contribution in [-0.2, 0) is 32.6 Å². The lowest BCUT2D eigenvalue weighted by Crippen LogP contribution is -2.53. The van der Waals surface area contributed by atoms with Crippen molar-refractivity contribution >= 4 is 43.5 Å². The number of hydrogen-bond acceptors (Lipinski definition) is 4. The van der Waals surface area contributed by atoms with E-state index in [1.165, 1.54) is 11.9 Å². The van der Waals surface area contributed by atoms with Crippen molar-refractivity contribution < 1.29 is 18.0 Å². The van der Waals surface area contributed by atoms with Gasteiger partial charge in [-0.3, -0.25) is 13.9 Å². The minimum Gasteiger partial charge on any atom is -0.357 e. The molecule has 42 heavy (non-hydrogen) atoms. The molecule has 0 fully saturated rings. The molecule has 1 N–H and O–H groups in total. The molecule has 0 aromatic heterocycles. The van der Waals surface area contributed by atoms with Crippen LogP contribution in [0.2, 0.25) is 0 Å². The Bertz CT molecular complexity index is 1630. The van der Waals surface area contributed by atoms with Gasteiger partial charge in [0.1, 0.15) is 12.6 Å². The fourth-order valence-corrected chi connectivity index (χ4v) is 6.49. The van der Waals surface area contributed by atoms with Gasteiger partial charge >= 0.3 is 0 Å². The minimum atomic E-state index is -4.12. The summed E-state index contributed by atoms with van der Waals surface area (Å²) in [5.41, 5.74) is 3.90. The summed E-state index contributed by atoms with van der Waals surface area (Å²) in [4.78, 5) is 29.2. The average Bonchev–Trinajstić information content (AvgIpc) is 2.98. The van der Waals surface area contributed by atoms with Crippen LogP contribution in [-0.4, -0.2) is 44.8 Å². The summed E-state index contributed by atoms with van der Waals surface area (Å²) in [6, 6.07) is 29.6. The molecule has 0 saturated heterocycles. The molecule has 4 aromatic rings. The summed E-state index contributed by atoms with van der Waals surface area (Å²) in [6.45, 7) is 3.40. The van der Waals surface area contributed by atoms with Gasteiger partial charge in [0.2, 0.25) is 11.8 Å². The van der Waals surface area contributed by atoms with E-state index in [2.05, 4.69) is 21.2 Å². The molecule has 218 valence electrons. The predicted molar refractivity (Wildman–Crippen MR) is 170 cm³/mol. The second-order valence-electron chi connectivity index (χ2n) is 10.1. The highest BCUT2D eigenvalue weighted by molar-refractivity contribution is 9.10. The van der Waals surface area contributed by atoms with Crippen LogP contribution in [0.5, 0.6) is 0 Å². The maximum atomic E-state index is 14.3. The highest BCUT2D eigenvalue weighted by Crippen LogP contribution is 2.26. The first-order valence-corrected chi connectivity index (χ1v) is 15.8. The number of carbonyl (C=O) groups excluding carboxylic acids is 2. The van der Waals surface area contributed by atoms with E-state index >= 15 is 0 Å². The maximum absolute atomic E-state index is 14.3. The van der Waals surface area contributed by atoms with Crippen molar-refractivity contribution in [1.82, 2.24) is 10.2 Å². The van der Waals surface area contributed by atoms with Gasteiger partial charge in [0, 0.05) is 24.5 Å². The van der Waals surface area contributed by atoms with Gasteiger partial charge in [-0.05, 0) is 61.4 Å². The number of anilines is 1. The molecule has 0 aliphatic rings. The second-order valence-corrected chi connectivity index (χ2v) is 12.9. The lowest BCUT2D eigenvalue weighted by Gasteiger charge is -2.33. The fourth-order valence-electron chi connectivity index (χ4n) is 4.63. The number of carbonyl (C=O) groups is 2. The topological polar surface area (TPSA) is 86.8 Å². The van der Waals surface area contributed by atoms with Crippen LogP contribution >= 0.6 is 15.9 Å². The first-order valence-electron chi connectivity index (χ1n) is 13.5. The zero-order valence-electron chi connectivity index (χ0n) is 23.8. The van der Waals surface area contributed by atoms with Crippen molar-refractivity contribution in [3.63, 3.8) is 0 Å². The number of nitrogens with zero attached hydrogens (tertiary/aromatic N) is 2. The zero-order valence-corrected chi connectivity index (χ0v) is 26.2. The molecule has 0 aliphatic carbocycles. The van der Waals surface area contributed by atoms with E-state index in [1.807, 2.05) is 68.4 Å². The molecule has 1 atom stereocenters. The van der Waals surface area contributed by atoms with Crippen molar-refractivity contribution in [3.05, 3.63) is 130 Å². The number of halogens is 1. The van der Waals surface area contributed by atoms with Crippen molar-refractivity contribution in [2.24, 2.45) is 0 Å². The van der Waals surface area contributed by atoms with Crippen LogP contribution in [0.15, 0.2) is 112 Å². The van der Waals surface area contributed by atoms with Gasteiger partial charge in [-0.1, -0.05) is 93.8 Å². The Morgan fingerprint density at radius 3 is 2.00 bits per heavy atom. The molecule has 0 unspecified atom stereocenters. The Morgan fingerprint density at radius 1 is 0.810 bits per heavy atom. The molecule has 9 heteroatoms. The average molecular weight is 649 g/mol. The van der Waals surface area contributed by atoms with E-state index in [0.29, 0.717) is 5.69 Å². The predicted octanol–water partition coefficient (Wildman–Crippen LogP) is 5.65. The molecular formula is C33H34BrN3O4S. The Labute approximate surface area is 256 Å². The van der Waals surface area contributed by atoms with Gasteiger partial charge in [0.05, 0.1) is 10.6 Å².